The van der Waals surface area contributed by atoms with Crippen LogP contribution in [0.4, 0.5) is 11.5 Å². The molecule has 154 valence electrons. The summed E-state index contributed by atoms with van der Waals surface area (Å²) in [7, 11) is 0. The van der Waals surface area contributed by atoms with Gasteiger partial charge in [-0.2, -0.15) is 0 Å². The molecule has 1 amide bonds. The lowest BCUT2D eigenvalue weighted by atomic mass is 9.93. The van der Waals surface area contributed by atoms with E-state index >= 15 is 0 Å². The Morgan fingerprint density at radius 1 is 1.31 bits per heavy atom. The number of hydrogen-bond acceptors (Lipinski definition) is 5. The number of amides is 1. The molecule has 1 saturated carbocycles. The van der Waals surface area contributed by atoms with Gasteiger partial charge in [0.15, 0.2) is 0 Å². The summed E-state index contributed by atoms with van der Waals surface area (Å²) >= 11 is 6.59. The van der Waals surface area contributed by atoms with Crippen molar-refractivity contribution in [2.24, 2.45) is 11.3 Å². The minimum Gasteiger partial charge on any atom is -0.381 e. The Bertz CT molecular complexity index is 944. The van der Waals surface area contributed by atoms with Gasteiger partial charge >= 0.3 is 0 Å². The largest absolute Gasteiger partial charge is 0.381 e. The average Bonchev–Trinajstić information content (AvgIpc) is 3.42. The topological polar surface area (TPSA) is 66.5 Å². The normalized spacial score (nSPS) is 25.9. The SMILES string of the molecule is C[C@H]1CNCCN1c1cc2cc(NC(=O)C3CC34CCOCC4)ncc2cc1Cl. The standard InChI is InChI=1S/C22H27ClN4O2/c1-14-12-24-4-5-27(14)19-9-15-10-20(25-13-16(15)8-18(19)23)26-21(28)17-11-22(17)2-6-29-7-3-22/h8-10,13-14,17,24H,2-7,11-12H2,1H3,(H,25,26,28)/t14-,17?/m0/s1. The van der Waals surface area contributed by atoms with Crippen molar-refractivity contribution in [1.82, 2.24) is 10.3 Å². The second-order valence-electron chi connectivity index (χ2n) is 8.69. The number of aromatic nitrogens is 1. The van der Waals surface area contributed by atoms with E-state index in [1.165, 1.54) is 0 Å². The smallest absolute Gasteiger partial charge is 0.229 e. The van der Waals surface area contributed by atoms with Crippen molar-refractivity contribution in [2.45, 2.75) is 32.2 Å². The van der Waals surface area contributed by atoms with Crippen LogP contribution in [0.2, 0.25) is 5.02 Å². The zero-order chi connectivity index (χ0) is 20.0. The Balaban J connectivity index is 1.37. The van der Waals surface area contributed by atoms with Crippen LogP contribution < -0.4 is 15.5 Å². The maximum absolute atomic E-state index is 12.8. The molecule has 0 bridgehead atoms. The zero-order valence-electron chi connectivity index (χ0n) is 16.7. The molecule has 1 aromatic heterocycles. The fraction of sp³-hybridized carbons (Fsp3) is 0.545. The zero-order valence-corrected chi connectivity index (χ0v) is 17.5. The predicted octanol–water partition coefficient (Wildman–Crippen LogP) is 3.44. The van der Waals surface area contributed by atoms with Crippen LogP contribution in [0.1, 0.15) is 26.2 Å². The summed E-state index contributed by atoms with van der Waals surface area (Å²) in [4.78, 5) is 19.6. The van der Waals surface area contributed by atoms with Crippen LogP contribution in [-0.2, 0) is 9.53 Å². The summed E-state index contributed by atoms with van der Waals surface area (Å²) in [6.07, 6.45) is 4.73. The second-order valence-corrected chi connectivity index (χ2v) is 9.09. The number of nitrogens with zero attached hydrogens (tertiary/aromatic N) is 2. The van der Waals surface area contributed by atoms with Gasteiger partial charge in [-0.1, -0.05) is 11.6 Å². The lowest BCUT2D eigenvalue weighted by Gasteiger charge is -2.36. The first-order valence-electron chi connectivity index (χ1n) is 10.5. The summed E-state index contributed by atoms with van der Waals surface area (Å²) < 4.78 is 5.46. The van der Waals surface area contributed by atoms with Gasteiger partial charge in [-0.05, 0) is 55.2 Å². The molecule has 1 unspecified atom stereocenters. The highest BCUT2D eigenvalue weighted by molar-refractivity contribution is 6.34. The van der Waals surface area contributed by atoms with Crippen LogP contribution in [-0.4, -0.2) is 49.8 Å². The maximum atomic E-state index is 12.8. The first kappa shape index (κ1) is 19.1. The minimum absolute atomic E-state index is 0.0867. The van der Waals surface area contributed by atoms with Crippen molar-refractivity contribution in [3.05, 3.63) is 29.4 Å². The number of anilines is 2. The molecule has 3 heterocycles. The van der Waals surface area contributed by atoms with E-state index in [4.69, 9.17) is 16.3 Å². The number of pyridine rings is 1. The van der Waals surface area contributed by atoms with Gasteiger partial charge in [-0.15, -0.1) is 0 Å². The third-order valence-corrected chi connectivity index (χ3v) is 7.15. The molecule has 2 aliphatic heterocycles. The summed E-state index contributed by atoms with van der Waals surface area (Å²) in [5.41, 5.74) is 1.21. The van der Waals surface area contributed by atoms with Gasteiger partial charge in [0.1, 0.15) is 5.82 Å². The number of carbonyl (C=O) groups is 1. The quantitative estimate of drug-likeness (QED) is 0.805. The summed E-state index contributed by atoms with van der Waals surface area (Å²) in [5.74, 6) is 0.785. The van der Waals surface area contributed by atoms with Gasteiger partial charge in [-0.3, -0.25) is 4.79 Å². The summed E-state index contributed by atoms with van der Waals surface area (Å²) in [5, 5.41) is 9.21. The third kappa shape index (κ3) is 3.58. The van der Waals surface area contributed by atoms with Crippen LogP contribution in [0.15, 0.2) is 24.4 Å². The molecule has 0 radical (unpaired) electrons. The maximum Gasteiger partial charge on any atom is 0.229 e. The van der Waals surface area contributed by atoms with Gasteiger partial charge in [0.05, 0.1) is 10.7 Å². The van der Waals surface area contributed by atoms with E-state index in [9.17, 15) is 4.79 Å². The fourth-order valence-corrected chi connectivity index (χ4v) is 5.18. The number of piperazine rings is 1. The van der Waals surface area contributed by atoms with Crippen molar-refractivity contribution in [3.8, 4) is 0 Å². The Morgan fingerprint density at radius 3 is 2.93 bits per heavy atom. The molecule has 3 fully saturated rings. The van der Waals surface area contributed by atoms with Crippen LogP contribution in [0.3, 0.4) is 0 Å². The Kier molecular flexibility index (Phi) is 4.88. The van der Waals surface area contributed by atoms with E-state index in [0.29, 0.717) is 11.9 Å². The summed E-state index contributed by atoms with van der Waals surface area (Å²) in [6.45, 7) is 6.56. The molecule has 6 nitrogen and oxygen atoms in total. The van der Waals surface area contributed by atoms with Crippen LogP contribution in [0, 0.1) is 11.3 Å². The molecule has 2 aromatic rings. The van der Waals surface area contributed by atoms with Crippen molar-refractivity contribution >= 4 is 39.8 Å². The number of halogens is 1. The van der Waals surface area contributed by atoms with Gasteiger partial charge in [0, 0.05) is 56.4 Å². The minimum atomic E-state index is 0.0867. The molecule has 5 rings (SSSR count). The number of ether oxygens (including phenoxy) is 1. The Labute approximate surface area is 175 Å². The van der Waals surface area contributed by atoms with Gasteiger partial charge in [0.2, 0.25) is 5.91 Å². The number of carbonyl (C=O) groups excluding carboxylic acids is 1. The first-order chi connectivity index (χ1) is 14.1. The van der Waals surface area contributed by atoms with Gasteiger partial charge in [0.25, 0.3) is 0 Å². The fourth-order valence-electron chi connectivity index (χ4n) is 4.90. The Morgan fingerprint density at radius 2 is 2.14 bits per heavy atom. The number of fused-ring (bicyclic) bond motifs is 1. The van der Waals surface area contributed by atoms with Crippen molar-refractivity contribution < 1.29 is 9.53 Å². The van der Waals surface area contributed by atoms with E-state index in [1.54, 1.807) is 6.20 Å². The van der Waals surface area contributed by atoms with Crippen LogP contribution in [0.5, 0.6) is 0 Å². The predicted molar refractivity (Wildman–Crippen MR) is 116 cm³/mol. The molecule has 7 heteroatoms. The van der Waals surface area contributed by atoms with E-state index < -0.39 is 0 Å². The highest BCUT2D eigenvalue weighted by Crippen LogP contribution is 2.59. The number of nitrogens with one attached hydrogen (secondary N) is 2. The van der Waals surface area contributed by atoms with Gasteiger partial charge in [-0.25, -0.2) is 4.98 Å². The third-order valence-electron chi connectivity index (χ3n) is 6.84. The van der Waals surface area contributed by atoms with Crippen molar-refractivity contribution in [1.29, 1.82) is 0 Å². The molecule has 2 atom stereocenters. The molecule has 2 saturated heterocycles. The Hall–Kier alpha value is -1.89. The second kappa shape index (κ2) is 7.42. The van der Waals surface area contributed by atoms with Crippen molar-refractivity contribution in [2.75, 3.05) is 43.1 Å². The molecule has 1 aliphatic carbocycles. The van der Waals surface area contributed by atoms with E-state index in [2.05, 4.69) is 33.5 Å². The molecule has 2 N–H and O–H groups in total. The molecule has 29 heavy (non-hydrogen) atoms. The average molecular weight is 415 g/mol. The number of hydrogen-bond donors (Lipinski definition) is 2. The van der Waals surface area contributed by atoms with E-state index in [1.807, 2.05) is 12.1 Å². The molecular weight excluding hydrogens is 388 g/mol. The summed E-state index contributed by atoms with van der Waals surface area (Å²) in [6, 6.07) is 6.43. The van der Waals surface area contributed by atoms with E-state index in [0.717, 1.165) is 73.6 Å². The van der Waals surface area contributed by atoms with Crippen molar-refractivity contribution in [3.63, 3.8) is 0 Å². The lowest BCUT2D eigenvalue weighted by molar-refractivity contribution is -0.118. The molecule has 1 spiro atoms. The van der Waals surface area contributed by atoms with Gasteiger partial charge < -0.3 is 20.3 Å². The molecular formula is C22H27ClN4O2. The highest BCUT2D eigenvalue weighted by atomic mass is 35.5. The number of benzene rings is 1. The first-order valence-corrected chi connectivity index (χ1v) is 10.9. The molecule has 1 aromatic carbocycles. The van der Waals surface area contributed by atoms with E-state index in [-0.39, 0.29) is 17.2 Å². The van der Waals surface area contributed by atoms with Crippen LogP contribution in [0.25, 0.3) is 10.8 Å². The lowest BCUT2D eigenvalue weighted by Crippen LogP contribution is -2.50. The van der Waals surface area contributed by atoms with Crippen LogP contribution >= 0.6 is 11.6 Å². The monoisotopic (exact) mass is 414 g/mol. The molecule has 3 aliphatic rings. The highest BCUT2D eigenvalue weighted by Gasteiger charge is 2.58. The number of rotatable bonds is 3.